The van der Waals surface area contributed by atoms with E-state index in [2.05, 4.69) is 21.0 Å². The largest absolute Gasteiger partial charge is 0.298 e. The van der Waals surface area contributed by atoms with Gasteiger partial charge in [0.2, 0.25) is 0 Å². The molecule has 1 heterocycles. The van der Waals surface area contributed by atoms with Crippen molar-refractivity contribution in [2.75, 3.05) is 0 Å². The van der Waals surface area contributed by atoms with Crippen molar-refractivity contribution < 1.29 is 13.6 Å². The summed E-state index contributed by atoms with van der Waals surface area (Å²) in [6.45, 7) is 0. The first-order valence-electron chi connectivity index (χ1n) is 6.37. The van der Waals surface area contributed by atoms with E-state index in [0.717, 1.165) is 12.1 Å². The fourth-order valence-corrected chi connectivity index (χ4v) is 2.73. The summed E-state index contributed by atoms with van der Waals surface area (Å²) in [7, 11) is 0. The van der Waals surface area contributed by atoms with Gasteiger partial charge in [0.1, 0.15) is 21.9 Å². The molecule has 3 aromatic rings. The minimum Gasteiger partial charge on any atom is -0.298 e. The number of aldehydes is 1. The van der Waals surface area contributed by atoms with Gasteiger partial charge in [0.05, 0.1) is 16.8 Å². The van der Waals surface area contributed by atoms with Crippen LogP contribution in [0.2, 0.25) is 0 Å². The first kappa shape index (κ1) is 14.6. The first-order valence-corrected chi connectivity index (χ1v) is 7.16. The monoisotopic (exact) mass is 362 g/mol. The molecule has 0 aliphatic heterocycles. The fraction of sp³-hybridized carbons (Fsp3) is 0. The molecule has 0 saturated heterocycles. The van der Waals surface area contributed by atoms with Crippen molar-refractivity contribution in [1.29, 1.82) is 0 Å². The van der Waals surface area contributed by atoms with Gasteiger partial charge in [0.15, 0.2) is 6.29 Å². The normalized spacial score (nSPS) is 10.7. The van der Waals surface area contributed by atoms with E-state index >= 15 is 0 Å². The van der Waals surface area contributed by atoms with Gasteiger partial charge in [0.25, 0.3) is 0 Å². The van der Waals surface area contributed by atoms with Gasteiger partial charge in [-0.25, -0.2) is 13.5 Å². The molecule has 2 aromatic carbocycles. The van der Waals surface area contributed by atoms with E-state index in [1.54, 1.807) is 24.3 Å². The smallest absolute Gasteiger partial charge is 0.155 e. The number of rotatable bonds is 3. The quantitative estimate of drug-likeness (QED) is 0.647. The highest BCUT2D eigenvalue weighted by atomic mass is 79.9. The molecule has 110 valence electrons. The molecule has 1 aromatic heterocycles. The van der Waals surface area contributed by atoms with E-state index in [1.165, 1.54) is 10.7 Å². The molecule has 0 fully saturated rings. The van der Waals surface area contributed by atoms with E-state index in [9.17, 15) is 13.6 Å². The van der Waals surface area contributed by atoms with Crippen LogP contribution in [-0.2, 0) is 0 Å². The number of carbonyl (C=O) groups excluding carboxylic acids is 1. The molecular formula is C16H9BrF2N2O. The predicted molar refractivity (Wildman–Crippen MR) is 82.0 cm³/mol. The maximum Gasteiger partial charge on any atom is 0.155 e. The lowest BCUT2D eigenvalue weighted by Gasteiger charge is -2.03. The van der Waals surface area contributed by atoms with Gasteiger partial charge in [-0.05, 0) is 40.2 Å². The molecule has 0 atom stereocenters. The van der Waals surface area contributed by atoms with Gasteiger partial charge in [-0.1, -0.05) is 24.3 Å². The maximum atomic E-state index is 14.0. The van der Waals surface area contributed by atoms with Crippen LogP contribution in [0.1, 0.15) is 10.4 Å². The molecule has 3 nitrogen and oxygen atoms in total. The maximum absolute atomic E-state index is 14.0. The Kier molecular flexibility index (Phi) is 3.85. The van der Waals surface area contributed by atoms with Crippen LogP contribution in [0, 0.1) is 11.6 Å². The van der Waals surface area contributed by atoms with Crippen LogP contribution in [0.25, 0.3) is 16.9 Å². The Morgan fingerprint density at radius 2 is 1.64 bits per heavy atom. The summed E-state index contributed by atoms with van der Waals surface area (Å²) >= 11 is 3.27. The zero-order valence-corrected chi connectivity index (χ0v) is 12.7. The summed E-state index contributed by atoms with van der Waals surface area (Å²) in [6, 6.07) is 12.5. The Hall–Kier alpha value is -2.34. The predicted octanol–water partition coefficient (Wildman–Crippen LogP) is 4.39. The number of hydrogen-bond donors (Lipinski definition) is 0. The summed E-state index contributed by atoms with van der Waals surface area (Å²) in [5, 5.41) is 4.20. The fourth-order valence-electron chi connectivity index (χ4n) is 2.16. The average molecular weight is 363 g/mol. The average Bonchev–Trinajstić information content (AvgIpc) is 2.84. The minimum absolute atomic E-state index is 0.0404. The van der Waals surface area contributed by atoms with E-state index in [4.69, 9.17) is 0 Å². The van der Waals surface area contributed by atoms with Gasteiger partial charge in [0, 0.05) is 0 Å². The van der Waals surface area contributed by atoms with E-state index < -0.39 is 11.6 Å². The summed E-state index contributed by atoms with van der Waals surface area (Å²) in [4.78, 5) is 11.4. The van der Waals surface area contributed by atoms with E-state index in [-0.39, 0.29) is 16.8 Å². The number of halogens is 3. The highest BCUT2D eigenvalue weighted by molar-refractivity contribution is 9.10. The SMILES string of the molecule is O=Cc1c(-c2c(F)cccc2F)nn(-c2ccccc2)c1Br. The second-order valence-corrected chi connectivity index (χ2v) is 5.27. The van der Waals surface area contributed by atoms with Gasteiger partial charge in [-0.2, -0.15) is 5.10 Å². The highest BCUT2D eigenvalue weighted by Crippen LogP contribution is 2.32. The molecule has 0 amide bonds. The van der Waals surface area contributed by atoms with Gasteiger partial charge in [-0.15, -0.1) is 0 Å². The minimum atomic E-state index is -0.770. The van der Waals surface area contributed by atoms with E-state index in [0.29, 0.717) is 16.6 Å². The highest BCUT2D eigenvalue weighted by Gasteiger charge is 2.22. The summed E-state index contributed by atoms with van der Waals surface area (Å²) in [6.07, 6.45) is 0.526. The van der Waals surface area contributed by atoms with Crippen molar-refractivity contribution in [3.05, 3.63) is 70.3 Å². The molecule has 22 heavy (non-hydrogen) atoms. The third-order valence-electron chi connectivity index (χ3n) is 3.18. The summed E-state index contributed by atoms with van der Waals surface area (Å²) < 4.78 is 29.7. The van der Waals surface area contributed by atoms with Crippen molar-refractivity contribution in [2.24, 2.45) is 0 Å². The Morgan fingerprint density at radius 3 is 2.23 bits per heavy atom. The molecule has 3 rings (SSSR count). The molecule has 0 spiro atoms. The van der Waals surface area contributed by atoms with Crippen LogP contribution >= 0.6 is 15.9 Å². The number of para-hydroxylation sites is 1. The van der Waals surface area contributed by atoms with Crippen LogP contribution in [0.5, 0.6) is 0 Å². The van der Waals surface area contributed by atoms with E-state index in [1.807, 2.05) is 6.07 Å². The molecule has 0 radical (unpaired) electrons. The Labute approximate surface area is 133 Å². The van der Waals surface area contributed by atoms with Crippen molar-refractivity contribution in [3.63, 3.8) is 0 Å². The third kappa shape index (κ3) is 2.35. The van der Waals surface area contributed by atoms with Crippen molar-refractivity contribution in [2.45, 2.75) is 0 Å². The number of carbonyl (C=O) groups is 1. The van der Waals surface area contributed by atoms with Crippen molar-refractivity contribution >= 4 is 22.2 Å². The lowest BCUT2D eigenvalue weighted by Crippen LogP contribution is -1.97. The van der Waals surface area contributed by atoms with Crippen molar-refractivity contribution in [1.82, 2.24) is 9.78 Å². The molecule has 0 N–H and O–H groups in total. The third-order valence-corrected chi connectivity index (χ3v) is 3.94. The standard InChI is InChI=1S/C16H9BrF2N2O/c17-16-11(9-22)15(14-12(18)7-4-8-13(14)19)20-21(16)10-5-2-1-3-6-10/h1-9H. The number of benzene rings is 2. The number of aromatic nitrogens is 2. The lowest BCUT2D eigenvalue weighted by molar-refractivity contribution is 0.112. The van der Waals surface area contributed by atoms with Gasteiger partial charge >= 0.3 is 0 Å². The second-order valence-electron chi connectivity index (χ2n) is 4.51. The molecule has 6 heteroatoms. The molecule has 0 aliphatic carbocycles. The van der Waals surface area contributed by atoms with Crippen LogP contribution in [0.3, 0.4) is 0 Å². The Morgan fingerprint density at radius 1 is 1.00 bits per heavy atom. The molecule has 0 saturated carbocycles. The lowest BCUT2D eigenvalue weighted by atomic mass is 10.1. The van der Waals surface area contributed by atoms with Gasteiger partial charge in [-0.3, -0.25) is 4.79 Å². The Bertz CT molecular complexity index is 827. The summed E-state index contributed by atoms with van der Waals surface area (Å²) in [5.41, 5.74) is 0.398. The van der Waals surface area contributed by atoms with Crippen LogP contribution in [0.4, 0.5) is 8.78 Å². The Balaban J connectivity index is 2.28. The molecule has 0 unspecified atom stereocenters. The first-order chi connectivity index (χ1) is 10.6. The second kappa shape index (κ2) is 5.81. The zero-order chi connectivity index (χ0) is 15.7. The molecule has 0 bridgehead atoms. The summed E-state index contributed by atoms with van der Waals surface area (Å²) in [5.74, 6) is -1.54. The van der Waals surface area contributed by atoms with Crippen molar-refractivity contribution in [3.8, 4) is 16.9 Å². The van der Waals surface area contributed by atoms with Crippen LogP contribution in [-0.4, -0.2) is 16.1 Å². The topological polar surface area (TPSA) is 34.9 Å². The molecular weight excluding hydrogens is 354 g/mol. The zero-order valence-electron chi connectivity index (χ0n) is 11.1. The number of nitrogens with zero attached hydrogens (tertiary/aromatic N) is 2. The van der Waals surface area contributed by atoms with Gasteiger partial charge < -0.3 is 0 Å². The van der Waals surface area contributed by atoms with Crippen LogP contribution in [0.15, 0.2) is 53.1 Å². The van der Waals surface area contributed by atoms with Crippen LogP contribution < -0.4 is 0 Å². The molecule has 0 aliphatic rings. The number of hydrogen-bond acceptors (Lipinski definition) is 2.